The molecular weight excluding hydrogens is 176 g/mol. The fourth-order valence-electron chi connectivity index (χ4n) is 1.38. The Kier molecular flexibility index (Phi) is 2.14. The molecule has 3 heteroatoms. The summed E-state index contributed by atoms with van der Waals surface area (Å²) in [4.78, 5) is 11.2. The number of nitrogens with one attached hydrogen (secondary N) is 1. The zero-order chi connectivity index (χ0) is 9.97. The van der Waals surface area contributed by atoms with Crippen molar-refractivity contribution in [1.82, 2.24) is 10.2 Å². The molecule has 0 spiro atoms. The lowest BCUT2D eigenvalue weighted by molar-refractivity contribution is 0.101. The molecule has 0 aliphatic rings. The van der Waals surface area contributed by atoms with E-state index in [1.54, 1.807) is 6.20 Å². The Balaban J connectivity index is 2.52. The van der Waals surface area contributed by atoms with E-state index in [4.69, 9.17) is 0 Å². The molecule has 14 heavy (non-hydrogen) atoms. The average molecular weight is 186 g/mol. The molecule has 1 aromatic heterocycles. The first kappa shape index (κ1) is 8.69. The Morgan fingerprint density at radius 2 is 2.00 bits per heavy atom. The molecule has 2 rings (SSSR count). The van der Waals surface area contributed by atoms with E-state index >= 15 is 0 Å². The van der Waals surface area contributed by atoms with Gasteiger partial charge in [0, 0.05) is 5.56 Å². The normalized spacial score (nSPS) is 10.1. The van der Waals surface area contributed by atoms with Crippen LogP contribution in [0.15, 0.2) is 36.5 Å². The molecule has 0 bridgehead atoms. The van der Waals surface area contributed by atoms with E-state index in [0.29, 0.717) is 5.56 Å². The van der Waals surface area contributed by atoms with Crippen molar-refractivity contribution in [1.29, 1.82) is 0 Å². The Labute approximate surface area is 81.8 Å². The molecule has 0 aliphatic carbocycles. The highest BCUT2D eigenvalue weighted by atomic mass is 16.1. The first-order valence-electron chi connectivity index (χ1n) is 4.39. The highest BCUT2D eigenvalue weighted by Crippen LogP contribution is 2.20. The van der Waals surface area contributed by atoms with Crippen molar-refractivity contribution in [3.63, 3.8) is 0 Å². The maximum atomic E-state index is 11.2. The van der Waals surface area contributed by atoms with E-state index in [1.807, 2.05) is 30.3 Å². The third kappa shape index (κ3) is 1.44. The summed E-state index contributed by atoms with van der Waals surface area (Å²) in [5.41, 5.74) is 2.41. The summed E-state index contributed by atoms with van der Waals surface area (Å²) in [5.74, 6) is 0.0256. The first-order valence-corrected chi connectivity index (χ1v) is 4.39. The summed E-state index contributed by atoms with van der Waals surface area (Å²) in [6.45, 7) is 1.54. The van der Waals surface area contributed by atoms with Gasteiger partial charge >= 0.3 is 0 Å². The second-order valence-corrected chi connectivity index (χ2v) is 3.08. The number of nitrogens with zero attached hydrogens (tertiary/aromatic N) is 1. The summed E-state index contributed by atoms with van der Waals surface area (Å²) < 4.78 is 0. The molecule has 0 radical (unpaired) electrons. The number of ketones is 1. The molecule has 1 heterocycles. The van der Waals surface area contributed by atoms with E-state index in [9.17, 15) is 4.79 Å². The summed E-state index contributed by atoms with van der Waals surface area (Å²) in [5, 5.41) is 6.71. The number of Topliss-reactive ketones (excluding diaryl/α,β-unsaturated/α-hetero) is 1. The lowest BCUT2D eigenvalue weighted by Crippen LogP contribution is -1.92. The van der Waals surface area contributed by atoms with Crippen LogP contribution in [0.4, 0.5) is 0 Å². The van der Waals surface area contributed by atoms with Crippen LogP contribution in [0.3, 0.4) is 0 Å². The number of rotatable bonds is 2. The highest BCUT2D eigenvalue weighted by Gasteiger charge is 2.10. The largest absolute Gasteiger partial charge is 0.294 e. The molecule has 1 aromatic carbocycles. The van der Waals surface area contributed by atoms with Crippen LogP contribution < -0.4 is 0 Å². The molecule has 2 aromatic rings. The minimum absolute atomic E-state index is 0.0256. The van der Waals surface area contributed by atoms with Crippen LogP contribution in [0.1, 0.15) is 17.3 Å². The van der Waals surface area contributed by atoms with E-state index in [1.165, 1.54) is 6.92 Å². The van der Waals surface area contributed by atoms with Crippen molar-refractivity contribution in [3.05, 3.63) is 42.1 Å². The van der Waals surface area contributed by atoms with Crippen molar-refractivity contribution in [3.8, 4) is 11.3 Å². The van der Waals surface area contributed by atoms with Gasteiger partial charge in [0.15, 0.2) is 5.78 Å². The molecule has 1 N–H and O–H groups in total. The number of carbonyl (C=O) groups is 1. The summed E-state index contributed by atoms with van der Waals surface area (Å²) >= 11 is 0. The van der Waals surface area contributed by atoms with Crippen molar-refractivity contribution < 1.29 is 4.79 Å². The van der Waals surface area contributed by atoms with Crippen LogP contribution in [0.2, 0.25) is 0 Å². The minimum atomic E-state index is 0.0256. The topological polar surface area (TPSA) is 45.8 Å². The van der Waals surface area contributed by atoms with Gasteiger partial charge in [0.05, 0.1) is 17.5 Å². The standard InChI is InChI=1S/C11H10N2O/c1-8(14)10-7-12-13-11(10)9-5-3-2-4-6-9/h2-7H,1H3,(H,12,13). The number of H-pyrrole nitrogens is 1. The Morgan fingerprint density at radius 1 is 1.29 bits per heavy atom. The van der Waals surface area contributed by atoms with Crippen LogP contribution >= 0.6 is 0 Å². The first-order chi connectivity index (χ1) is 6.79. The highest BCUT2D eigenvalue weighted by molar-refractivity contribution is 5.99. The lowest BCUT2D eigenvalue weighted by atomic mass is 10.1. The average Bonchev–Trinajstić information content (AvgIpc) is 2.67. The molecule has 0 aliphatic heterocycles. The molecular formula is C11H10N2O. The SMILES string of the molecule is CC(=O)c1cn[nH]c1-c1ccccc1. The van der Waals surface area contributed by atoms with Crippen molar-refractivity contribution in [2.45, 2.75) is 6.92 Å². The van der Waals surface area contributed by atoms with Crippen molar-refractivity contribution in [2.75, 3.05) is 0 Å². The van der Waals surface area contributed by atoms with Gasteiger partial charge in [-0.05, 0) is 6.92 Å². The molecule has 3 nitrogen and oxygen atoms in total. The van der Waals surface area contributed by atoms with Gasteiger partial charge < -0.3 is 0 Å². The van der Waals surface area contributed by atoms with Gasteiger partial charge in [-0.3, -0.25) is 9.89 Å². The van der Waals surface area contributed by atoms with E-state index in [2.05, 4.69) is 10.2 Å². The molecule has 0 atom stereocenters. The second kappa shape index (κ2) is 3.46. The third-order valence-corrected chi connectivity index (χ3v) is 2.08. The maximum Gasteiger partial charge on any atom is 0.163 e. The van der Waals surface area contributed by atoms with Gasteiger partial charge in [-0.15, -0.1) is 0 Å². The zero-order valence-corrected chi connectivity index (χ0v) is 7.82. The van der Waals surface area contributed by atoms with Gasteiger partial charge in [0.25, 0.3) is 0 Å². The fourth-order valence-corrected chi connectivity index (χ4v) is 1.38. The van der Waals surface area contributed by atoms with Gasteiger partial charge in [0.1, 0.15) is 0 Å². The van der Waals surface area contributed by atoms with Gasteiger partial charge in [-0.2, -0.15) is 5.10 Å². The number of benzene rings is 1. The van der Waals surface area contributed by atoms with E-state index in [-0.39, 0.29) is 5.78 Å². The van der Waals surface area contributed by atoms with Gasteiger partial charge in [0.2, 0.25) is 0 Å². The van der Waals surface area contributed by atoms with Crippen LogP contribution in [0.5, 0.6) is 0 Å². The zero-order valence-electron chi connectivity index (χ0n) is 7.82. The predicted octanol–water partition coefficient (Wildman–Crippen LogP) is 2.28. The number of aromatic nitrogens is 2. The molecule has 0 fully saturated rings. The Bertz CT molecular complexity index is 445. The molecule has 0 amide bonds. The summed E-state index contributed by atoms with van der Waals surface area (Å²) in [6.07, 6.45) is 1.56. The number of carbonyl (C=O) groups excluding carboxylic acids is 1. The fraction of sp³-hybridized carbons (Fsp3) is 0.0909. The van der Waals surface area contributed by atoms with Crippen molar-refractivity contribution >= 4 is 5.78 Å². The summed E-state index contributed by atoms with van der Waals surface area (Å²) in [7, 11) is 0. The third-order valence-electron chi connectivity index (χ3n) is 2.08. The molecule has 0 saturated carbocycles. The maximum absolute atomic E-state index is 11.2. The van der Waals surface area contributed by atoms with Crippen molar-refractivity contribution in [2.24, 2.45) is 0 Å². The number of hydrogen-bond acceptors (Lipinski definition) is 2. The number of aromatic amines is 1. The molecule has 70 valence electrons. The number of hydrogen-bond donors (Lipinski definition) is 1. The van der Waals surface area contributed by atoms with Crippen LogP contribution in [-0.2, 0) is 0 Å². The quantitative estimate of drug-likeness (QED) is 0.731. The molecule has 0 unspecified atom stereocenters. The smallest absolute Gasteiger partial charge is 0.163 e. The van der Waals surface area contributed by atoms with E-state index < -0.39 is 0 Å². The van der Waals surface area contributed by atoms with Crippen LogP contribution in [-0.4, -0.2) is 16.0 Å². The predicted molar refractivity (Wildman–Crippen MR) is 54.0 cm³/mol. The van der Waals surface area contributed by atoms with Gasteiger partial charge in [-0.1, -0.05) is 30.3 Å². The van der Waals surface area contributed by atoms with Crippen LogP contribution in [0, 0.1) is 0 Å². The molecule has 0 saturated heterocycles. The minimum Gasteiger partial charge on any atom is -0.294 e. The summed E-state index contributed by atoms with van der Waals surface area (Å²) in [6, 6.07) is 9.69. The monoisotopic (exact) mass is 186 g/mol. The second-order valence-electron chi connectivity index (χ2n) is 3.08. The van der Waals surface area contributed by atoms with Gasteiger partial charge in [-0.25, -0.2) is 0 Å². The van der Waals surface area contributed by atoms with E-state index in [0.717, 1.165) is 11.3 Å². The lowest BCUT2D eigenvalue weighted by Gasteiger charge is -1.98. The Hall–Kier alpha value is -1.90. The Morgan fingerprint density at radius 3 is 2.64 bits per heavy atom. The van der Waals surface area contributed by atoms with Crippen LogP contribution in [0.25, 0.3) is 11.3 Å².